The minimum absolute atomic E-state index is 0.0181. The van der Waals surface area contributed by atoms with E-state index < -0.39 is 10.8 Å². The highest BCUT2D eigenvalue weighted by atomic mass is 35.5. The molecular weight excluding hydrogens is 334 g/mol. The monoisotopic (exact) mass is 345 g/mol. The van der Waals surface area contributed by atoms with E-state index in [-0.39, 0.29) is 27.9 Å². The molecule has 1 aromatic carbocycles. The first-order valence-electron chi connectivity index (χ1n) is 7.21. The highest BCUT2D eigenvalue weighted by molar-refractivity contribution is 6.32. The number of carbonyl (C=O) groups is 1. The van der Waals surface area contributed by atoms with Crippen LogP contribution in [0.1, 0.15) is 30.7 Å². The second kappa shape index (κ2) is 5.98. The first kappa shape index (κ1) is 16.0. The average molecular weight is 346 g/mol. The third-order valence-electron chi connectivity index (χ3n) is 4.11. The standard InChI is InChI=1S/C16H12ClN3O4/c17-10-5-4-8(6-11(10)20(22)23)14-9(7-18)16(19)24-13-3-1-2-12(21)15(13)14/h4-6,14H,1-3,19H2/t14-/m0/s1. The Morgan fingerprint density at radius 2 is 2.17 bits per heavy atom. The van der Waals surface area contributed by atoms with Gasteiger partial charge in [-0.05, 0) is 18.1 Å². The highest BCUT2D eigenvalue weighted by Gasteiger charge is 2.38. The highest BCUT2D eigenvalue weighted by Crippen LogP contribution is 2.44. The Balaban J connectivity index is 2.21. The Morgan fingerprint density at radius 3 is 2.83 bits per heavy atom. The number of halogens is 1. The van der Waals surface area contributed by atoms with Crippen LogP contribution < -0.4 is 5.73 Å². The van der Waals surface area contributed by atoms with Crippen LogP contribution in [0.3, 0.4) is 0 Å². The van der Waals surface area contributed by atoms with E-state index in [1.165, 1.54) is 12.1 Å². The molecule has 0 bridgehead atoms. The van der Waals surface area contributed by atoms with Gasteiger partial charge < -0.3 is 10.5 Å². The summed E-state index contributed by atoms with van der Waals surface area (Å²) in [6.45, 7) is 0. The molecule has 0 saturated heterocycles. The molecule has 7 nitrogen and oxygen atoms in total. The van der Waals surface area contributed by atoms with Gasteiger partial charge in [-0.1, -0.05) is 17.7 Å². The van der Waals surface area contributed by atoms with E-state index in [0.29, 0.717) is 36.2 Å². The number of Topliss-reactive ketones (excluding diaryl/α,β-unsaturated/α-hetero) is 1. The lowest BCUT2D eigenvalue weighted by Crippen LogP contribution is -2.27. The second-order valence-electron chi connectivity index (χ2n) is 5.51. The molecule has 8 heteroatoms. The van der Waals surface area contributed by atoms with Crippen molar-refractivity contribution in [3.63, 3.8) is 0 Å². The molecule has 2 N–H and O–H groups in total. The Bertz CT molecular complexity index is 867. The summed E-state index contributed by atoms with van der Waals surface area (Å²) in [6.07, 6.45) is 1.51. The van der Waals surface area contributed by atoms with Gasteiger partial charge in [-0.15, -0.1) is 0 Å². The molecule has 1 aliphatic carbocycles. The van der Waals surface area contributed by atoms with Crippen molar-refractivity contribution in [3.8, 4) is 6.07 Å². The summed E-state index contributed by atoms with van der Waals surface area (Å²) in [4.78, 5) is 22.9. The number of nitriles is 1. The zero-order chi connectivity index (χ0) is 17.4. The van der Waals surface area contributed by atoms with Gasteiger partial charge in [0.05, 0.1) is 10.8 Å². The van der Waals surface area contributed by atoms with E-state index in [1.807, 2.05) is 6.07 Å². The lowest BCUT2D eigenvalue weighted by Gasteiger charge is -2.30. The van der Waals surface area contributed by atoms with Crippen LogP contribution in [0.5, 0.6) is 0 Å². The fraction of sp³-hybridized carbons (Fsp3) is 0.250. The molecule has 0 aromatic heterocycles. The van der Waals surface area contributed by atoms with Crippen LogP contribution in [0.15, 0.2) is 41.0 Å². The molecule has 3 rings (SSSR count). The smallest absolute Gasteiger partial charge is 0.288 e. The summed E-state index contributed by atoms with van der Waals surface area (Å²) in [7, 11) is 0. The number of nitro benzene ring substituents is 1. The molecule has 0 fully saturated rings. The minimum Gasteiger partial charge on any atom is -0.444 e. The first-order chi connectivity index (χ1) is 11.4. The van der Waals surface area contributed by atoms with Gasteiger partial charge in [0.2, 0.25) is 5.88 Å². The number of nitrogens with two attached hydrogens (primary N) is 1. The molecule has 0 amide bonds. The van der Waals surface area contributed by atoms with Crippen LogP contribution in [0.2, 0.25) is 5.02 Å². The average Bonchev–Trinajstić information content (AvgIpc) is 2.54. The van der Waals surface area contributed by atoms with Crippen molar-refractivity contribution in [1.82, 2.24) is 0 Å². The zero-order valence-electron chi connectivity index (χ0n) is 12.4. The molecule has 24 heavy (non-hydrogen) atoms. The quantitative estimate of drug-likeness (QED) is 0.649. The molecule has 0 saturated carbocycles. The number of benzene rings is 1. The van der Waals surface area contributed by atoms with E-state index in [9.17, 15) is 20.2 Å². The van der Waals surface area contributed by atoms with Crippen LogP contribution in [-0.4, -0.2) is 10.7 Å². The first-order valence-corrected chi connectivity index (χ1v) is 7.59. The molecule has 0 unspecified atom stereocenters. The summed E-state index contributed by atoms with van der Waals surface area (Å²) in [5.74, 6) is -0.555. The topological polar surface area (TPSA) is 119 Å². The van der Waals surface area contributed by atoms with Crippen molar-refractivity contribution < 1.29 is 14.5 Å². The number of ether oxygens (including phenoxy) is 1. The number of nitro groups is 1. The maximum Gasteiger partial charge on any atom is 0.288 e. The Labute approximate surface area is 142 Å². The molecule has 0 radical (unpaired) electrons. The van der Waals surface area contributed by atoms with E-state index in [4.69, 9.17) is 22.1 Å². The van der Waals surface area contributed by atoms with Gasteiger partial charge in [0.25, 0.3) is 5.69 Å². The van der Waals surface area contributed by atoms with Crippen molar-refractivity contribution in [2.45, 2.75) is 25.2 Å². The lowest BCUT2D eigenvalue weighted by atomic mass is 9.77. The fourth-order valence-electron chi connectivity index (χ4n) is 3.04. The predicted octanol–water partition coefficient (Wildman–Crippen LogP) is 3.06. The number of ketones is 1. The largest absolute Gasteiger partial charge is 0.444 e. The van der Waals surface area contributed by atoms with Crippen molar-refractivity contribution in [2.24, 2.45) is 5.73 Å². The number of hydrogen-bond acceptors (Lipinski definition) is 6. The Kier molecular flexibility index (Phi) is 3.99. The normalized spacial score (nSPS) is 20.3. The van der Waals surface area contributed by atoms with E-state index in [2.05, 4.69) is 0 Å². The van der Waals surface area contributed by atoms with Gasteiger partial charge >= 0.3 is 0 Å². The summed E-state index contributed by atoms with van der Waals surface area (Å²) in [5, 5.41) is 20.6. The van der Waals surface area contributed by atoms with Crippen LogP contribution in [0.4, 0.5) is 5.69 Å². The van der Waals surface area contributed by atoms with E-state index in [0.717, 1.165) is 0 Å². The maximum atomic E-state index is 12.4. The van der Waals surface area contributed by atoms with E-state index >= 15 is 0 Å². The summed E-state index contributed by atoms with van der Waals surface area (Å²) in [6, 6.07) is 6.17. The van der Waals surface area contributed by atoms with Gasteiger partial charge in [0.1, 0.15) is 22.4 Å². The van der Waals surface area contributed by atoms with Gasteiger partial charge in [-0.2, -0.15) is 5.26 Å². The molecule has 2 aliphatic rings. The second-order valence-corrected chi connectivity index (χ2v) is 5.91. The number of nitrogens with zero attached hydrogens (tertiary/aromatic N) is 2. The fourth-order valence-corrected chi connectivity index (χ4v) is 3.23. The Morgan fingerprint density at radius 1 is 1.42 bits per heavy atom. The van der Waals surface area contributed by atoms with Crippen molar-refractivity contribution in [2.75, 3.05) is 0 Å². The minimum atomic E-state index is -0.775. The molecule has 122 valence electrons. The molecule has 1 atom stereocenters. The number of carbonyl (C=O) groups excluding carboxylic acids is 1. The van der Waals surface area contributed by atoms with Gasteiger partial charge in [-0.25, -0.2) is 0 Å². The molecule has 0 spiro atoms. The van der Waals surface area contributed by atoms with Crippen LogP contribution in [0, 0.1) is 21.4 Å². The van der Waals surface area contributed by atoms with Crippen molar-refractivity contribution >= 4 is 23.1 Å². The van der Waals surface area contributed by atoms with Gasteiger partial charge in [-0.3, -0.25) is 14.9 Å². The lowest BCUT2D eigenvalue weighted by molar-refractivity contribution is -0.384. The molecule has 1 heterocycles. The van der Waals surface area contributed by atoms with Gasteiger partial charge in [0.15, 0.2) is 5.78 Å². The van der Waals surface area contributed by atoms with Gasteiger partial charge in [0, 0.05) is 24.5 Å². The summed E-state index contributed by atoms with van der Waals surface area (Å²) >= 11 is 5.85. The summed E-state index contributed by atoms with van der Waals surface area (Å²) in [5.41, 5.74) is 6.37. The number of allylic oxidation sites excluding steroid dienone is 3. The molecular formula is C16H12ClN3O4. The maximum absolute atomic E-state index is 12.4. The van der Waals surface area contributed by atoms with Crippen molar-refractivity contribution in [3.05, 3.63) is 61.7 Å². The third kappa shape index (κ3) is 2.51. The zero-order valence-corrected chi connectivity index (χ0v) is 13.2. The predicted molar refractivity (Wildman–Crippen MR) is 84.6 cm³/mol. The third-order valence-corrected chi connectivity index (χ3v) is 4.42. The molecule has 1 aromatic rings. The van der Waals surface area contributed by atoms with Crippen LogP contribution in [-0.2, 0) is 9.53 Å². The molecule has 1 aliphatic heterocycles. The van der Waals surface area contributed by atoms with Crippen molar-refractivity contribution in [1.29, 1.82) is 5.26 Å². The number of rotatable bonds is 2. The Hall–Kier alpha value is -2.85. The van der Waals surface area contributed by atoms with Crippen LogP contribution in [0.25, 0.3) is 0 Å². The van der Waals surface area contributed by atoms with E-state index in [1.54, 1.807) is 6.07 Å². The number of hydrogen-bond donors (Lipinski definition) is 1. The summed E-state index contributed by atoms with van der Waals surface area (Å²) < 4.78 is 5.45. The SMILES string of the molecule is N#CC1=C(N)OC2=C(C(=O)CCC2)[C@H]1c1ccc(Cl)c([N+](=O)[O-])c1. The van der Waals surface area contributed by atoms with Crippen LogP contribution >= 0.6 is 11.6 Å².